The molecule has 1 N–H and O–H groups in total. The lowest BCUT2D eigenvalue weighted by molar-refractivity contribution is -0.151. The minimum absolute atomic E-state index is 0.0123. The molecule has 0 saturated heterocycles. The second-order valence-electron chi connectivity index (χ2n) is 5.81. The molecule has 2 aromatic rings. The zero-order chi connectivity index (χ0) is 17.8. The minimum Gasteiger partial charge on any atom is -0.482 e. The molecule has 2 aromatic carbocycles. The van der Waals surface area contributed by atoms with Gasteiger partial charge in [-0.3, -0.25) is 4.79 Å². The first-order valence-electron chi connectivity index (χ1n) is 8.02. The molecule has 1 aliphatic rings. The third-order valence-electron chi connectivity index (χ3n) is 3.98. The average molecular weight is 360 g/mol. The van der Waals surface area contributed by atoms with Crippen molar-refractivity contribution in [2.75, 3.05) is 11.9 Å². The highest BCUT2D eigenvalue weighted by molar-refractivity contribution is 6.31. The number of fused-ring (bicyclic) bond motifs is 1. The van der Waals surface area contributed by atoms with Crippen molar-refractivity contribution in [3.05, 3.63) is 58.6 Å². The number of aryl methyl sites for hydroxylation is 1. The maximum absolute atomic E-state index is 12.0. The number of nitrogens with one attached hydrogen (secondary N) is 1. The van der Waals surface area contributed by atoms with Gasteiger partial charge in [0.15, 0.2) is 6.61 Å². The zero-order valence-corrected chi connectivity index (χ0v) is 14.5. The van der Waals surface area contributed by atoms with Gasteiger partial charge in [0.2, 0.25) is 5.91 Å². The molecular weight excluding hydrogens is 342 g/mol. The number of amides is 1. The number of anilines is 1. The van der Waals surface area contributed by atoms with Crippen LogP contribution < -0.4 is 10.1 Å². The van der Waals surface area contributed by atoms with Gasteiger partial charge in [0.1, 0.15) is 11.9 Å². The normalized spacial score (nSPS) is 14.2. The smallest absolute Gasteiger partial charge is 0.344 e. The van der Waals surface area contributed by atoms with E-state index < -0.39 is 12.1 Å². The van der Waals surface area contributed by atoms with Gasteiger partial charge >= 0.3 is 5.97 Å². The average Bonchev–Trinajstić information content (AvgIpc) is 2.60. The first kappa shape index (κ1) is 17.3. The van der Waals surface area contributed by atoms with E-state index >= 15 is 0 Å². The maximum Gasteiger partial charge on any atom is 0.344 e. The molecule has 0 unspecified atom stereocenters. The summed E-state index contributed by atoms with van der Waals surface area (Å²) in [5.41, 5.74) is 2.54. The van der Waals surface area contributed by atoms with Gasteiger partial charge in [0.05, 0.1) is 0 Å². The molecule has 130 valence electrons. The topological polar surface area (TPSA) is 64.6 Å². The van der Waals surface area contributed by atoms with Crippen molar-refractivity contribution in [1.82, 2.24) is 0 Å². The fourth-order valence-corrected chi connectivity index (χ4v) is 2.98. The summed E-state index contributed by atoms with van der Waals surface area (Å²) in [6.45, 7) is 1.57. The van der Waals surface area contributed by atoms with Crippen LogP contribution in [0.15, 0.2) is 42.5 Å². The van der Waals surface area contributed by atoms with Crippen molar-refractivity contribution in [2.45, 2.75) is 25.9 Å². The second-order valence-corrected chi connectivity index (χ2v) is 6.22. The Morgan fingerprint density at radius 2 is 2.04 bits per heavy atom. The van der Waals surface area contributed by atoms with Gasteiger partial charge < -0.3 is 14.8 Å². The van der Waals surface area contributed by atoms with Crippen molar-refractivity contribution < 1.29 is 19.1 Å². The molecule has 0 bridgehead atoms. The van der Waals surface area contributed by atoms with Crippen LogP contribution in [0.5, 0.6) is 5.75 Å². The fraction of sp³-hybridized carbons (Fsp3) is 0.263. The van der Waals surface area contributed by atoms with E-state index in [-0.39, 0.29) is 12.5 Å². The van der Waals surface area contributed by atoms with Crippen LogP contribution in [0.25, 0.3) is 0 Å². The molecule has 6 heteroatoms. The summed E-state index contributed by atoms with van der Waals surface area (Å²) in [7, 11) is 0. The summed E-state index contributed by atoms with van der Waals surface area (Å²) in [5.74, 6) is 0.106. The predicted molar refractivity (Wildman–Crippen MR) is 94.8 cm³/mol. The number of hydrogen-bond acceptors (Lipinski definition) is 4. The highest BCUT2D eigenvalue weighted by Crippen LogP contribution is 2.27. The Bertz CT molecular complexity index is 806. The van der Waals surface area contributed by atoms with Gasteiger partial charge in [0.25, 0.3) is 0 Å². The fourth-order valence-electron chi connectivity index (χ4n) is 2.69. The molecule has 25 heavy (non-hydrogen) atoms. The number of carbonyl (C=O) groups excluding carboxylic acids is 2. The summed E-state index contributed by atoms with van der Waals surface area (Å²) >= 11 is 6.10. The standard InChI is InChI=1S/C19H18ClNO4/c1-12(15-4-2-3-5-16(15)20)25-19(23)11-24-14-7-8-17-13(10-14)6-9-18(22)21-17/h2-5,7-8,10,12H,6,9,11H2,1H3,(H,21,22)/t12-/m1/s1. The highest BCUT2D eigenvalue weighted by Gasteiger charge is 2.17. The Morgan fingerprint density at radius 1 is 1.24 bits per heavy atom. The molecule has 0 fully saturated rings. The zero-order valence-electron chi connectivity index (χ0n) is 13.8. The largest absolute Gasteiger partial charge is 0.482 e. The molecule has 0 radical (unpaired) electrons. The van der Waals surface area contributed by atoms with E-state index in [9.17, 15) is 9.59 Å². The molecule has 1 amide bonds. The van der Waals surface area contributed by atoms with E-state index in [1.165, 1.54) is 0 Å². The Morgan fingerprint density at radius 3 is 2.84 bits per heavy atom. The Balaban J connectivity index is 1.56. The Kier molecular flexibility index (Phi) is 5.24. The summed E-state index contributed by atoms with van der Waals surface area (Å²) in [4.78, 5) is 23.4. The van der Waals surface area contributed by atoms with Crippen molar-refractivity contribution in [1.29, 1.82) is 0 Å². The first-order chi connectivity index (χ1) is 12.0. The first-order valence-corrected chi connectivity index (χ1v) is 8.40. The second kappa shape index (κ2) is 7.57. The van der Waals surface area contributed by atoms with Crippen LogP contribution >= 0.6 is 11.6 Å². The number of rotatable bonds is 5. The van der Waals surface area contributed by atoms with E-state index in [2.05, 4.69) is 5.32 Å². The van der Waals surface area contributed by atoms with Crippen LogP contribution in [-0.2, 0) is 20.7 Å². The van der Waals surface area contributed by atoms with E-state index in [0.29, 0.717) is 23.6 Å². The summed E-state index contributed by atoms with van der Waals surface area (Å²) in [6, 6.07) is 12.6. The Labute approximate surface area is 150 Å². The van der Waals surface area contributed by atoms with Gasteiger partial charge in [0, 0.05) is 22.7 Å². The molecule has 3 rings (SSSR count). The van der Waals surface area contributed by atoms with E-state index in [1.807, 2.05) is 24.3 Å². The number of esters is 1. The summed E-state index contributed by atoms with van der Waals surface area (Å²) < 4.78 is 10.9. The van der Waals surface area contributed by atoms with Crippen LogP contribution in [0.1, 0.15) is 30.6 Å². The van der Waals surface area contributed by atoms with Gasteiger partial charge in [-0.2, -0.15) is 0 Å². The molecule has 0 aromatic heterocycles. The lowest BCUT2D eigenvalue weighted by Crippen LogP contribution is -2.19. The van der Waals surface area contributed by atoms with E-state index in [0.717, 1.165) is 16.8 Å². The monoisotopic (exact) mass is 359 g/mol. The van der Waals surface area contributed by atoms with Crippen LogP contribution in [0.3, 0.4) is 0 Å². The van der Waals surface area contributed by atoms with Crippen LogP contribution in [0.2, 0.25) is 5.02 Å². The Hall–Kier alpha value is -2.53. The minimum atomic E-state index is -0.474. The van der Waals surface area contributed by atoms with Crippen molar-refractivity contribution in [3.63, 3.8) is 0 Å². The molecule has 1 atom stereocenters. The van der Waals surface area contributed by atoms with Gasteiger partial charge in [-0.15, -0.1) is 0 Å². The molecule has 5 nitrogen and oxygen atoms in total. The third-order valence-corrected chi connectivity index (χ3v) is 4.32. The van der Waals surface area contributed by atoms with Crippen molar-refractivity contribution in [2.24, 2.45) is 0 Å². The van der Waals surface area contributed by atoms with Crippen LogP contribution in [-0.4, -0.2) is 18.5 Å². The molecule has 1 heterocycles. The lowest BCUT2D eigenvalue weighted by Gasteiger charge is -2.18. The predicted octanol–water partition coefficient (Wildman–Crippen LogP) is 3.91. The molecule has 1 aliphatic heterocycles. The molecule has 0 saturated carbocycles. The molecule has 0 spiro atoms. The van der Waals surface area contributed by atoms with Crippen LogP contribution in [0, 0.1) is 0 Å². The number of ether oxygens (including phenoxy) is 2. The molecular formula is C19H18ClNO4. The SMILES string of the molecule is C[C@@H](OC(=O)COc1ccc2c(c1)CCC(=O)N2)c1ccccc1Cl. The van der Waals surface area contributed by atoms with Crippen molar-refractivity contribution >= 4 is 29.2 Å². The quantitative estimate of drug-likeness (QED) is 0.822. The van der Waals surface area contributed by atoms with Gasteiger partial charge in [-0.05, 0) is 43.2 Å². The van der Waals surface area contributed by atoms with E-state index in [1.54, 1.807) is 25.1 Å². The molecule has 0 aliphatic carbocycles. The third kappa shape index (κ3) is 4.31. The maximum atomic E-state index is 12.0. The highest BCUT2D eigenvalue weighted by atomic mass is 35.5. The van der Waals surface area contributed by atoms with E-state index in [4.69, 9.17) is 21.1 Å². The van der Waals surface area contributed by atoms with Crippen LogP contribution in [0.4, 0.5) is 5.69 Å². The van der Waals surface area contributed by atoms with Gasteiger partial charge in [-0.1, -0.05) is 29.8 Å². The van der Waals surface area contributed by atoms with Crippen molar-refractivity contribution in [3.8, 4) is 5.75 Å². The number of hydrogen-bond donors (Lipinski definition) is 1. The number of halogens is 1. The summed E-state index contributed by atoms with van der Waals surface area (Å²) in [5, 5.41) is 3.36. The van der Waals surface area contributed by atoms with Gasteiger partial charge in [-0.25, -0.2) is 4.79 Å². The summed E-state index contributed by atoms with van der Waals surface area (Å²) in [6.07, 6.45) is 0.656. The lowest BCUT2D eigenvalue weighted by atomic mass is 10.0. The number of carbonyl (C=O) groups is 2. The number of benzene rings is 2.